The van der Waals surface area contributed by atoms with Crippen molar-refractivity contribution < 1.29 is 9.47 Å². The molecule has 0 aliphatic rings. The number of rotatable bonds is 10. The molecule has 1 aromatic heterocycles. The Balaban J connectivity index is 1.85. The molecule has 2 aromatic rings. The van der Waals surface area contributed by atoms with E-state index in [-0.39, 0.29) is 0 Å². The molecule has 0 unspecified atom stereocenters. The van der Waals surface area contributed by atoms with Gasteiger partial charge in [0.15, 0.2) is 5.96 Å². The Kier molecular flexibility index (Phi) is 9.28. The third-order valence-electron chi connectivity index (χ3n) is 4.09. The lowest BCUT2D eigenvalue weighted by Crippen LogP contribution is -2.38. The second kappa shape index (κ2) is 12.0. The zero-order valence-corrected chi connectivity index (χ0v) is 17.4. The summed E-state index contributed by atoms with van der Waals surface area (Å²) in [4.78, 5) is 8.95. The van der Waals surface area contributed by atoms with Gasteiger partial charge in [-0.3, -0.25) is 0 Å². The average molecular weight is 385 g/mol. The molecule has 0 aliphatic heterocycles. The van der Waals surface area contributed by atoms with Gasteiger partial charge in [-0.1, -0.05) is 35.4 Å². The van der Waals surface area contributed by atoms with Crippen LogP contribution in [0.25, 0.3) is 0 Å². The highest BCUT2D eigenvalue weighted by atomic mass is 16.5. The molecule has 0 atom stereocenters. The van der Waals surface area contributed by atoms with Crippen molar-refractivity contribution in [3.8, 4) is 5.88 Å². The monoisotopic (exact) mass is 384 g/mol. The molecule has 0 saturated heterocycles. The molecule has 0 saturated carbocycles. The van der Waals surface area contributed by atoms with Gasteiger partial charge in [0.25, 0.3) is 0 Å². The minimum atomic E-state index is 0.496. The molecular formula is C22H32N4O2. The summed E-state index contributed by atoms with van der Waals surface area (Å²) in [6, 6.07) is 10.5. The number of methoxy groups -OCH3 is 1. The van der Waals surface area contributed by atoms with Crippen LogP contribution < -0.4 is 15.4 Å². The highest BCUT2D eigenvalue weighted by Crippen LogP contribution is 2.10. The first-order valence-corrected chi connectivity index (χ1v) is 9.76. The largest absolute Gasteiger partial charge is 0.475 e. The Morgan fingerprint density at radius 2 is 1.82 bits per heavy atom. The summed E-state index contributed by atoms with van der Waals surface area (Å²) in [5.74, 6) is 1.41. The molecule has 6 heteroatoms. The number of pyridine rings is 1. The van der Waals surface area contributed by atoms with Crippen molar-refractivity contribution in [3.05, 3.63) is 58.8 Å². The number of hydrogen-bond donors (Lipinski definition) is 2. The van der Waals surface area contributed by atoms with Gasteiger partial charge in [0, 0.05) is 32.5 Å². The van der Waals surface area contributed by atoms with E-state index in [2.05, 4.69) is 59.6 Å². The van der Waals surface area contributed by atoms with Gasteiger partial charge >= 0.3 is 0 Å². The number of aliphatic imine (C=N–C) groups is 1. The lowest BCUT2D eigenvalue weighted by molar-refractivity contribution is 0.143. The second-order valence-corrected chi connectivity index (χ2v) is 6.71. The predicted octanol–water partition coefficient (Wildman–Crippen LogP) is 3.02. The molecular weight excluding hydrogens is 352 g/mol. The summed E-state index contributed by atoms with van der Waals surface area (Å²) in [6.45, 7) is 9.59. The van der Waals surface area contributed by atoms with Crippen molar-refractivity contribution >= 4 is 5.96 Å². The maximum atomic E-state index is 5.48. The minimum Gasteiger partial charge on any atom is -0.475 e. The van der Waals surface area contributed by atoms with E-state index < -0.39 is 0 Å². The van der Waals surface area contributed by atoms with Crippen LogP contribution in [0.5, 0.6) is 5.88 Å². The number of aryl methyl sites for hydroxylation is 2. The molecule has 152 valence electrons. The van der Waals surface area contributed by atoms with Gasteiger partial charge in [0.05, 0.1) is 13.2 Å². The van der Waals surface area contributed by atoms with Gasteiger partial charge in [0.2, 0.25) is 5.88 Å². The lowest BCUT2D eigenvalue weighted by atomic mass is 10.1. The molecule has 1 aromatic carbocycles. The number of aromatic nitrogens is 1. The van der Waals surface area contributed by atoms with Crippen LogP contribution in [0.3, 0.4) is 0 Å². The Morgan fingerprint density at radius 1 is 1.04 bits per heavy atom. The predicted molar refractivity (Wildman–Crippen MR) is 114 cm³/mol. The fourth-order valence-electron chi connectivity index (χ4n) is 2.87. The quantitative estimate of drug-likeness (QED) is 0.374. The van der Waals surface area contributed by atoms with Crippen LogP contribution in [0.4, 0.5) is 0 Å². The van der Waals surface area contributed by atoms with Crippen LogP contribution in [0.2, 0.25) is 0 Å². The molecule has 2 N–H and O–H groups in total. The van der Waals surface area contributed by atoms with E-state index >= 15 is 0 Å². The molecule has 0 spiro atoms. The number of hydrogen-bond acceptors (Lipinski definition) is 4. The zero-order valence-electron chi connectivity index (χ0n) is 17.4. The van der Waals surface area contributed by atoms with Crippen LogP contribution in [0.1, 0.15) is 29.2 Å². The fourth-order valence-corrected chi connectivity index (χ4v) is 2.87. The van der Waals surface area contributed by atoms with Crippen molar-refractivity contribution in [1.82, 2.24) is 15.6 Å². The minimum absolute atomic E-state index is 0.496. The number of benzene rings is 1. The van der Waals surface area contributed by atoms with Gasteiger partial charge in [-0.2, -0.15) is 0 Å². The van der Waals surface area contributed by atoms with E-state index in [0.717, 1.165) is 31.0 Å². The van der Waals surface area contributed by atoms with E-state index in [1.807, 2.05) is 12.1 Å². The standard InChI is InChI=1S/C22H32N4O2/c1-5-23-22(24-9-8-19-13-17(2)12-18(3)14-19)26-16-20-6-7-21(25-15-20)28-11-10-27-4/h6-7,12-15H,5,8-11,16H2,1-4H3,(H2,23,24,26). The third kappa shape index (κ3) is 7.96. The second-order valence-electron chi connectivity index (χ2n) is 6.71. The van der Waals surface area contributed by atoms with Crippen molar-refractivity contribution in [2.45, 2.75) is 33.7 Å². The number of guanidine groups is 1. The summed E-state index contributed by atoms with van der Waals surface area (Å²) in [6.07, 6.45) is 2.76. The molecule has 0 amide bonds. The van der Waals surface area contributed by atoms with Gasteiger partial charge in [-0.25, -0.2) is 9.98 Å². The van der Waals surface area contributed by atoms with E-state index in [1.165, 1.54) is 16.7 Å². The van der Waals surface area contributed by atoms with Crippen LogP contribution in [-0.4, -0.2) is 44.4 Å². The number of nitrogens with zero attached hydrogens (tertiary/aromatic N) is 2. The first-order chi connectivity index (χ1) is 13.6. The summed E-state index contributed by atoms with van der Waals surface area (Å²) in [7, 11) is 1.65. The Labute approximate surface area is 168 Å². The molecule has 28 heavy (non-hydrogen) atoms. The maximum absolute atomic E-state index is 5.48. The highest BCUT2D eigenvalue weighted by Gasteiger charge is 2.01. The summed E-state index contributed by atoms with van der Waals surface area (Å²) in [5.41, 5.74) is 4.98. The molecule has 1 heterocycles. The molecule has 2 rings (SSSR count). The molecule has 0 bridgehead atoms. The van der Waals surface area contributed by atoms with E-state index in [4.69, 9.17) is 9.47 Å². The molecule has 0 radical (unpaired) electrons. The topological polar surface area (TPSA) is 67.8 Å². The van der Waals surface area contributed by atoms with Crippen LogP contribution in [-0.2, 0) is 17.7 Å². The maximum Gasteiger partial charge on any atom is 0.213 e. The normalized spacial score (nSPS) is 11.4. The smallest absolute Gasteiger partial charge is 0.213 e. The number of ether oxygens (including phenoxy) is 2. The Bertz CT molecular complexity index is 724. The molecule has 0 aliphatic carbocycles. The SMILES string of the molecule is CCNC(=NCc1ccc(OCCOC)nc1)NCCc1cc(C)cc(C)c1. The van der Waals surface area contributed by atoms with Gasteiger partial charge in [-0.05, 0) is 38.3 Å². The summed E-state index contributed by atoms with van der Waals surface area (Å²) < 4.78 is 10.4. The van der Waals surface area contributed by atoms with E-state index in [0.29, 0.717) is 25.6 Å². The zero-order chi connectivity index (χ0) is 20.2. The van der Waals surface area contributed by atoms with Crippen LogP contribution in [0, 0.1) is 13.8 Å². The highest BCUT2D eigenvalue weighted by molar-refractivity contribution is 5.79. The molecule has 6 nitrogen and oxygen atoms in total. The lowest BCUT2D eigenvalue weighted by Gasteiger charge is -2.12. The number of nitrogens with one attached hydrogen (secondary N) is 2. The van der Waals surface area contributed by atoms with Crippen molar-refractivity contribution in [3.63, 3.8) is 0 Å². The van der Waals surface area contributed by atoms with Gasteiger partial charge in [0.1, 0.15) is 6.61 Å². The van der Waals surface area contributed by atoms with Gasteiger partial charge < -0.3 is 20.1 Å². The van der Waals surface area contributed by atoms with Crippen molar-refractivity contribution in [2.75, 3.05) is 33.4 Å². The Morgan fingerprint density at radius 3 is 2.46 bits per heavy atom. The van der Waals surface area contributed by atoms with Gasteiger partial charge in [-0.15, -0.1) is 0 Å². The molecule has 0 fully saturated rings. The van der Waals surface area contributed by atoms with Crippen LogP contribution >= 0.6 is 0 Å². The third-order valence-corrected chi connectivity index (χ3v) is 4.09. The van der Waals surface area contributed by atoms with E-state index in [1.54, 1.807) is 13.3 Å². The average Bonchev–Trinajstić information content (AvgIpc) is 2.66. The Hall–Kier alpha value is -2.60. The summed E-state index contributed by atoms with van der Waals surface area (Å²) in [5, 5.41) is 6.69. The first kappa shape index (κ1) is 21.7. The van der Waals surface area contributed by atoms with Crippen LogP contribution in [0.15, 0.2) is 41.5 Å². The van der Waals surface area contributed by atoms with Crippen molar-refractivity contribution in [2.24, 2.45) is 4.99 Å². The van der Waals surface area contributed by atoms with Crippen molar-refractivity contribution in [1.29, 1.82) is 0 Å². The summed E-state index contributed by atoms with van der Waals surface area (Å²) >= 11 is 0. The fraction of sp³-hybridized carbons (Fsp3) is 0.455. The first-order valence-electron chi connectivity index (χ1n) is 9.76. The van der Waals surface area contributed by atoms with E-state index in [9.17, 15) is 0 Å².